The average molecular weight is 293 g/mol. The van der Waals surface area contributed by atoms with Crippen molar-refractivity contribution in [3.63, 3.8) is 0 Å². The molecule has 118 valence electrons. The van der Waals surface area contributed by atoms with Gasteiger partial charge in [-0.05, 0) is 32.4 Å². The van der Waals surface area contributed by atoms with Gasteiger partial charge in [0.2, 0.25) is 0 Å². The minimum Gasteiger partial charge on any atom is -0.348 e. The molecule has 0 atom stereocenters. The van der Waals surface area contributed by atoms with E-state index in [1.165, 1.54) is 11.4 Å². The molecule has 1 aliphatic carbocycles. The first-order valence-electron chi connectivity index (χ1n) is 8.12. The fraction of sp³-hybridized carbons (Fsp3) is 0.812. The zero-order valence-electron chi connectivity index (χ0n) is 13.5. The van der Waals surface area contributed by atoms with Crippen LogP contribution in [0.5, 0.6) is 0 Å². The van der Waals surface area contributed by atoms with E-state index < -0.39 is 0 Å². The summed E-state index contributed by atoms with van der Waals surface area (Å²) < 4.78 is 13.6. The van der Waals surface area contributed by atoms with Crippen molar-refractivity contribution in [1.29, 1.82) is 0 Å². The summed E-state index contributed by atoms with van der Waals surface area (Å²) >= 11 is 0. The molecule has 1 saturated carbocycles. The molecule has 3 rings (SSSR count). The maximum absolute atomic E-state index is 5.81. The SMILES string of the molecule is CCc1cc(CN(C)C2CCC3(CC2)OCCO3)n(C)n1. The summed E-state index contributed by atoms with van der Waals surface area (Å²) in [7, 11) is 4.26. The Labute approximate surface area is 127 Å². The topological polar surface area (TPSA) is 39.5 Å². The fourth-order valence-electron chi connectivity index (χ4n) is 3.55. The van der Waals surface area contributed by atoms with Gasteiger partial charge in [-0.2, -0.15) is 5.10 Å². The number of nitrogens with zero attached hydrogens (tertiary/aromatic N) is 3. The van der Waals surface area contributed by atoms with Gasteiger partial charge in [-0.15, -0.1) is 0 Å². The van der Waals surface area contributed by atoms with Crippen LogP contribution in [0.4, 0.5) is 0 Å². The lowest BCUT2D eigenvalue weighted by Gasteiger charge is -2.39. The number of hydrogen-bond acceptors (Lipinski definition) is 4. The molecule has 0 unspecified atom stereocenters. The third-order valence-corrected chi connectivity index (χ3v) is 4.95. The van der Waals surface area contributed by atoms with Crippen LogP contribution in [0.1, 0.15) is 44.0 Å². The monoisotopic (exact) mass is 293 g/mol. The summed E-state index contributed by atoms with van der Waals surface area (Å²) in [5.74, 6) is -0.251. The molecule has 1 saturated heterocycles. The van der Waals surface area contributed by atoms with E-state index in [1.54, 1.807) is 0 Å². The van der Waals surface area contributed by atoms with Crippen molar-refractivity contribution in [3.05, 3.63) is 17.5 Å². The summed E-state index contributed by atoms with van der Waals surface area (Å²) in [6.45, 7) is 4.63. The lowest BCUT2D eigenvalue weighted by Crippen LogP contribution is -2.42. The molecular weight excluding hydrogens is 266 g/mol. The van der Waals surface area contributed by atoms with E-state index in [-0.39, 0.29) is 5.79 Å². The molecule has 5 heteroatoms. The van der Waals surface area contributed by atoms with Gasteiger partial charge in [-0.1, -0.05) is 6.92 Å². The number of aromatic nitrogens is 2. The lowest BCUT2D eigenvalue weighted by molar-refractivity contribution is -0.183. The molecule has 2 fully saturated rings. The number of aryl methyl sites for hydroxylation is 2. The molecular formula is C16H27N3O2. The standard InChI is InChI=1S/C16H27N3O2/c1-4-13-11-15(19(3)17-13)12-18(2)14-5-7-16(8-6-14)20-9-10-21-16/h11,14H,4-10,12H2,1-3H3. The van der Waals surface area contributed by atoms with E-state index in [4.69, 9.17) is 9.47 Å². The zero-order valence-corrected chi connectivity index (χ0v) is 13.5. The summed E-state index contributed by atoms with van der Waals surface area (Å²) in [6.07, 6.45) is 5.34. The minimum absolute atomic E-state index is 0.251. The summed E-state index contributed by atoms with van der Waals surface area (Å²) in [4.78, 5) is 2.46. The number of ether oxygens (including phenoxy) is 2. The molecule has 21 heavy (non-hydrogen) atoms. The van der Waals surface area contributed by atoms with Crippen LogP contribution in [0.2, 0.25) is 0 Å². The third-order valence-electron chi connectivity index (χ3n) is 4.95. The summed E-state index contributed by atoms with van der Waals surface area (Å²) in [6, 6.07) is 2.84. The first-order valence-corrected chi connectivity index (χ1v) is 8.12. The molecule has 0 bridgehead atoms. The van der Waals surface area contributed by atoms with Crippen LogP contribution in [-0.4, -0.2) is 46.8 Å². The molecule has 2 aliphatic rings. The minimum atomic E-state index is -0.251. The second-order valence-corrected chi connectivity index (χ2v) is 6.36. The molecule has 1 aromatic rings. The van der Waals surface area contributed by atoms with Gasteiger partial charge >= 0.3 is 0 Å². The van der Waals surface area contributed by atoms with E-state index in [9.17, 15) is 0 Å². The smallest absolute Gasteiger partial charge is 0.168 e. The molecule has 1 aliphatic heterocycles. The van der Waals surface area contributed by atoms with Crippen LogP contribution in [0, 0.1) is 0 Å². The first kappa shape index (κ1) is 15.0. The van der Waals surface area contributed by atoms with Crippen LogP contribution in [-0.2, 0) is 29.5 Å². The van der Waals surface area contributed by atoms with E-state index in [0.717, 1.165) is 51.9 Å². The first-order chi connectivity index (χ1) is 10.1. The Morgan fingerprint density at radius 2 is 2.00 bits per heavy atom. The van der Waals surface area contributed by atoms with Gasteiger partial charge in [0.25, 0.3) is 0 Å². The molecule has 2 heterocycles. The Balaban J connectivity index is 1.56. The van der Waals surface area contributed by atoms with E-state index in [2.05, 4.69) is 30.0 Å². The predicted molar refractivity (Wildman–Crippen MR) is 80.9 cm³/mol. The molecule has 0 radical (unpaired) electrons. The van der Waals surface area contributed by atoms with Crippen LogP contribution in [0.15, 0.2) is 6.07 Å². The van der Waals surface area contributed by atoms with Crippen molar-refractivity contribution in [2.75, 3.05) is 20.3 Å². The lowest BCUT2D eigenvalue weighted by atomic mass is 9.89. The van der Waals surface area contributed by atoms with Gasteiger partial charge < -0.3 is 9.47 Å². The van der Waals surface area contributed by atoms with Gasteiger partial charge in [0.1, 0.15) is 0 Å². The van der Waals surface area contributed by atoms with Crippen LogP contribution < -0.4 is 0 Å². The highest BCUT2D eigenvalue weighted by atomic mass is 16.7. The highest BCUT2D eigenvalue weighted by molar-refractivity contribution is 5.10. The average Bonchev–Trinajstić information content (AvgIpc) is 3.07. The van der Waals surface area contributed by atoms with Crippen molar-refractivity contribution in [3.8, 4) is 0 Å². The highest BCUT2D eigenvalue weighted by Crippen LogP contribution is 2.37. The maximum Gasteiger partial charge on any atom is 0.168 e. The zero-order chi connectivity index (χ0) is 14.9. The molecule has 0 aromatic carbocycles. The molecule has 0 amide bonds. The second kappa shape index (κ2) is 6.07. The van der Waals surface area contributed by atoms with Crippen LogP contribution >= 0.6 is 0 Å². The van der Waals surface area contributed by atoms with Crippen LogP contribution in [0.3, 0.4) is 0 Å². The van der Waals surface area contributed by atoms with Crippen LogP contribution in [0.25, 0.3) is 0 Å². The summed E-state index contributed by atoms with van der Waals surface area (Å²) in [5.41, 5.74) is 2.47. The second-order valence-electron chi connectivity index (χ2n) is 6.36. The maximum atomic E-state index is 5.81. The van der Waals surface area contributed by atoms with Gasteiger partial charge in [-0.25, -0.2) is 0 Å². The van der Waals surface area contributed by atoms with Crippen molar-refractivity contribution >= 4 is 0 Å². The fourth-order valence-corrected chi connectivity index (χ4v) is 3.55. The van der Waals surface area contributed by atoms with Gasteiger partial charge in [0, 0.05) is 32.5 Å². The molecule has 1 spiro atoms. The highest BCUT2D eigenvalue weighted by Gasteiger charge is 2.41. The Morgan fingerprint density at radius 1 is 1.33 bits per heavy atom. The van der Waals surface area contributed by atoms with Crippen molar-refractivity contribution in [1.82, 2.24) is 14.7 Å². The predicted octanol–water partition coefficient (Wildman–Crippen LogP) is 2.10. The normalized spacial score (nSPS) is 22.5. The molecule has 0 N–H and O–H groups in total. The van der Waals surface area contributed by atoms with Gasteiger partial charge in [0.15, 0.2) is 5.79 Å². The molecule has 1 aromatic heterocycles. The molecule has 5 nitrogen and oxygen atoms in total. The van der Waals surface area contributed by atoms with E-state index in [1.807, 2.05) is 11.7 Å². The van der Waals surface area contributed by atoms with Crippen molar-refractivity contribution in [2.24, 2.45) is 7.05 Å². The number of hydrogen-bond donors (Lipinski definition) is 0. The van der Waals surface area contributed by atoms with Crippen molar-refractivity contribution in [2.45, 2.75) is 57.4 Å². The Morgan fingerprint density at radius 3 is 2.57 bits per heavy atom. The summed E-state index contributed by atoms with van der Waals surface area (Å²) in [5, 5.41) is 4.54. The van der Waals surface area contributed by atoms with E-state index >= 15 is 0 Å². The van der Waals surface area contributed by atoms with Crippen molar-refractivity contribution < 1.29 is 9.47 Å². The van der Waals surface area contributed by atoms with E-state index in [0.29, 0.717) is 6.04 Å². The Kier molecular flexibility index (Phi) is 4.33. The van der Waals surface area contributed by atoms with Gasteiger partial charge in [-0.3, -0.25) is 9.58 Å². The third kappa shape index (κ3) is 3.15. The Hall–Kier alpha value is -0.910. The Bertz CT molecular complexity index is 470. The van der Waals surface area contributed by atoms with Gasteiger partial charge in [0.05, 0.1) is 24.6 Å². The quantitative estimate of drug-likeness (QED) is 0.852. The number of rotatable bonds is 4. The largest absolute Gasteiger partial charge is 0.348 e.